The summed E-state index contributed by atoms with van der Waals surface area (Å²) in [6, 6.07) is -0.126. The van der Waals surface area contributed by atoms with E-state index in [1.807, 2.05) is 11.6 Å². The number of rotatable bonds is 5. The number of ether oxygens (including phenoxy) is 1. The zero-order chi connectivity index (χ0) is 14.5. The average molecular weight is 280 g/mol. The minimum absolute atomic E-state index is 0.0822. The zero-order valence-electron chi connectivity index (χ0n) is 12.5. The number of methoxy groups -OCH3 is 1. The standard InChI is InChI=1S/C14H24N4O2/c1-4-15-14(19)11-8-10(6-7-16-11)13-12(20-3)9-17-18(13)5-2/h9-11,16H,4-8H2,1-3H3,(H,15,19). The van der Waals surface area contributed by atoms with Crippen LogP contribution in [0.1, 0.15) is 38.3 Å². The van der Waals surface area contributed by atoms with Crippen LogP contribution in [0.4, 0.5) is 0 Å². The van der Waals surface area contributed by atoms with Crippen LogP contribution in [0.2, 0.25) is 0 Å². The van der Waals surface area contributed by atoms with E-state index in [1.54, 1.807) is 13.3 Å². The molecule has 2 rings (SSSR count). The lowest BCUT2D eigenvalue weighted by Crippen LogP contribution is -2.48. The summed E-state index contributed by atoms with van der Waals surface area (Å²) in [6.07, 6.45) is 3.55. The van der Waals surface area contributed by atoms with Crippen LogP contribution >= 0.6 is 0 Å². The Balaban J connectivity index is 2.16. The summed E-state index contributed by atoms with van der Waals surface area (Å²) < 4.78 is 7.40. The SMILES string of the molecule is CCNC(=O)C1CC(c2c(OC)cnn2CC)CCN1. The molecule has 1 fully saturated rings. The summed E-state index contributed by atoms with van der Waals surface area (Å²) in [7, 11) is 1.67. The van der Waals surface area contributed by atoms with Crippen molar-refractivity contribution in [3.63, 3.8) is 0 Å². The van der Waals surface area contributed by atoms with Crippen molar-refractivity contribution in [3.05, 3.63) is 11.9 Å². The van der Waals surface area contributed by atoms with Crippen LogP contribution in [-0.2, 0) is 11.3 Å². The number of carbonyl (C=O) groups excluding carboxylic acids is 1. The van der Waals surface area contributed by atoms with E-state index < -0.39 is 0 Å². The Hall–Kier alpha value is -1.56. The van der Waals surface area contributed by atoms with Crippen molar-refractivity contribution < 1.29 is 9.53 Å². The van der Waals surface area contributed by atoms with E-state index in [0.717, 1.165) is 37.4 Å². The van der Waals surface area contributed by atoms with E-state index in [2.05, 4.69) is 22.7 Å². The number of hydrogen-bond acceptors (Lipinski definition) is 4. The van der Waals surface area contributed by atoms with Crippen LogP contribution in [0.5, 0.6) is 5.75 Å². The number of aromatic nitrogens is 2. The molecule has 0 spiro atoms. The second-order valence-electron chi connectivity index (χ2n) is 5.04. The highest BCUT2D eigenvalue weighted by molar-refractivity contribution is 5.81. The number of piperidine rings is 1. The highest BCUT2D eigenvalue weighted by atomic mass is 16.5. The molecule has 1 aromatic rings. The molecular formula is C14H24N4O2. The molecule has 0 aromatic carbocycles. The van der Waals surface area contributed by atoms with Gasteiger partial charge in [0, 0.05) is 19.0 Å². The molecule has 6 heteroatoms. The van der Waals surface area contributed by atoms with Gasteiger partial charge in [-0.3, -0.25) is 9.48 Å². The Morgan fingerprint density at radius 1 is 1.60 bits per heavy atom. The molecule has 0 bridgehead atoms. The van der Waals surface area contributed by atoms with Gasteiger partial charge in [-0.2, -0.15) is 5.10 Å². The molecular weight excluding hydrogens is 256 g/mol. The first-order valence-electron chi connectivity index (χ1n) is 7.32. The minimum Gasteiger partial charge on any atom is -0.493 e. The molecule has 20 heavy (non-hydrogen) atoms. The highest BCUT2D eigenvalue weighted by Gasteiger charge is 2.31. The van der Waals surface area contributed by atoms with Gasteiger partial charge in [0.25, 0.3) is 0 Å². The van der Waals surface area contributed by atoms with Crippen LogP contribution in [0, 0.1) is 0 Å². The molecule has 112 valence electrons. The van der Waals surface area contributed by atoms with Crippen molar-refractivity contribution in [2.45, 2.75) is 45.2 Å². The second kappa shape index (κ2) is 6.74. The largest absolute Gasteiger partial charge is 0.493 e. The molecule has 0 saturated carbocycles. The van der Waals surface area contributed by atoms with E-state index >= 15 is 0 Å². The third-order valence-electron chi connectivity index (χ3n) is 3.82. The smallest absolute Gasteiger partial charge is 0.237 e. The lowest BCUT2D eigenvalue weighted by atomic mass is 9.89. The number of amides is 1. The van der Waals surface area contributed by atoms with E-state index in [-0.39, 0.29) is 11.9 Å². The van der Waals surface area contributed by atoms with Gasteiger partial charge in [-0.25, -0.2) is 0 Å². The molecule has 2 atom stereocenters. The molecule has 6 nitrogen and oxygen atoms in total. The van der Waals surface area contributed by atoms with E-state index in [4.69, 9.17) is 4.74 Å². The third kappa shape index (κ3) is 2.95. The highest BCUT2D eigenvalue weighted by Crippen LogP contribution is 2.34. The minimum atomic E-state index is -0.126. The molecule has 0 aliphatic carbocycles. The Bertz CT molecular complexity index is 437. The molecule has 2 N–H and O–H groups in total. The lowest BCUT2D eigenvalue weighted by molar-refractivity contribution is -0.123. The first kappa shape index (κ1) is 14.8. The second-order valence-corrected chi connectivity index (χ2v) is 5.04. The predicted molar refractivity (Wildman–Crippen MR) is 76.9 cm³/mol. The molecule has 1 aliphatic rings. The Labute approximate surface area is 119 Å². The van der Waals surface area contributed by atoms with Gasteiger partial charge >= 0.3 is 0 Å². The van der Waals surface area contributed by atoms with E-state index in [1.165, 1.54) is 0 Å². The number of likely N-dealkylation sites (N-methyl/N-ethyl adjacent to an activating group) is 1. The lowest BCUT2D eigenvalue weighted by Gasteiger charge is -2.30. The fourth-order valence-corrected chi connectivity index (χ4v) is 2.86. The van der Waals surface area contributed by atoms with Crippen LogP contribution in [-0.4, -0.2) is 41.9 Å². The first-order chi connectivity index (χ1) is 9.71. The maximum Gasteiger partial charge on any atom is 0.237 e. The first-order valence-corrected chi connectivity index (χ1v) is 7.32. The molecule has 2 unspecified atom stereocenters. The fourth-order valence-electron chi connectivity index (χ4n) is 2.86. The fraction of sp³-hybridized carbons (Fsp3) is 0.714. The third-order valence-corrected chi connectivity index (χ3v) is 3.82. The average Bonchev–Trinajstić information content (AvgIpc) is 2.90. The Morgan fingerprint density at radius 2 is 2.40 bits per heavy atom. The van der Waals surface area contributed by atoms with Crippen LogP contribution in [0.25, 0.3) is 0 Å². The zero-order valence-corrected chi connectivity index (χ0v) is 12.5. The number of carbonyl (C=O) groups is 1. The van der Waals surface area contributed by atoms with Gasteiger partial charge in [0.15, 0.2) is 5.75 Å². The van der Waals surface area contributed by atoms with Gasteiger partial charge in [-0.15, -0.1) is 0 Å². The predicted octanol–water partition coefficient (Wildman–Crippen LogP) is 0.883. The summed E-state index contributed by atoms with van der Waals surface area (Å²) in [6.45, 7) is 6.32. The van der Waals surface area contributed by atoms with Gasteiger partial charge in [0.2, 0.25) is 5.91 Å². The van der Waals surface area contributed by atoms with Crippen LogP contribution < -0.4 is 15.4 Å². The summed E-state index contributed by atoms with van der Waals surface area (Å²) in [4.78, 5) is 12.0. The van der Waals surface area contributed by atoms with Crippen molar-refractivity contribution in [2.24, 2.45) is 0 Å². The molecule has 1 saturated heterocycles. The van der Waals surface area contributed by atoms with Gasteiger partial charge in [0.05, 0.1) is 25.0 Å². The van der Waals surface area contributed by atoms with Crippen molar-refractivity contribution in [3.8, 4) is 5.75 Å². The quantitative estimate of drug-likeness (QED) is 0.840. The molecule has 0 radical (unpaired) electrons. The van der Waals surface area contributed by atoms with Gasteiger partial charge in [-0.05, 0) is 33.2 Å². The number of nitrogens with one attached hydrogen (secondary N) is 2. The number of aryl methyl sites for hydroxylation is 1. The van der Waals surface area contributed by atoms with Crippen molar-refractivity contribution in [1.29, 1.82) is 0 Å². The van der Waals surface area contributed by atoms with Crippen molar-refractivity contribution >= 4 is 5.91 Å². The summed E-state index contributed by atoms with van der Waals surface area (Å²) in [5, 5.41) is 10.5. The Kier molecular flexibility index (Phi) is 5.00. The van der Waals surface area contributed by atoms with Gasteiger partial charge < -0.3 is 15.4 Å². The number of hydrogen-bond donors (Lipinski definition) is 2. The van der Waals surface area contributed by atoms with E-state index in [0.29, 0.717) is 12.5 Å². The Morgan fingerprint density at radius 3 is 3.05 bits per heavy atom. The summed E-state index contributed by atoms with van der Waals surface area (Å²) in [5.74, 6) is 1.22. The van der Waals surface area contributed by atoms with Gasteiger partial charge in [-0.1, -0.05) is 0 Å². The number of nitrogens with zero attached hydrogens (tertiary/aromatic N) is 2. The monoisotopic (exact) mass is 280 g/mol. The van der Waals surface area contributed by atoms with E-state index in [9.17, 15) is 4.79 Å². The summed E-state index contributed by atoms with van der Waals surface area (Å²) >= 11 is 0. The maximum atomic E-state index is 12.0. The molecule has 1 aromatic heterocycles. The van der Waals surface area contributed by atoms with Crippen LogP contribution in [0.15, 0.2) is 6.20 Å². The normalized spacial score (nSPS) is 22.6. The molecule has 1 amide bonds. The molecule has 2 heterocycles. The maximum absolute atomic E-state index is 12.0. The summed E-state index contributed by atoms with van der Waals surface area (Å²) in [5.41, 5.74) is 1.12. The topological polar surface area (TPSA) is 68.2 Å². The van der Waals surface area contributed by atoms with Crippen molar-refractivity contribution in [2.75, 3.05) is 20.2 Å². The van der Waals surface area contributed by atoms with Gasteiger partial charge in [0.1, 0.15) is 0 Å². The molecule has 1 aliphatic heterocycles. The van der Waals surface area contributed by atoms with Crippen LogP contribution in [0.3, 0.4) is 0 Å². The van der Waals surface area contributed by atoms with Crippen molar-refractivity contribution in [1.82, 2.24) is 20.4 Å².